The molecule has 8 heteroatoms. The Kier molecular flexibility index (Phi) is 6.19. The molecule has 0 bridgehead atoms. The van der Waals surface area contributed by atoms with E-state index >= 15 is 0 Å². The van der Waals surface area contributed by atoms with E-state index in [9.17, 15) is 14.0 Å². The van der Waals surface area contributed by atoms with Crippen LogP contribution in [0.1, 0.15) is 6.42 Å². The van der Waals surface area contributed by atoms with Gasteiger partial charge in [0.1, 0.15) is 12.4 Å². The fourth-order valence-electron chi connectivity index (χ4n) is 2.80. The molecule has 0 unspecified atom stereocenters. The van der Waals surface area contributed by atoms with E-state index in [1.54, 1.807) is 0 Å². The molecule has 1 saturated heterocycles. The fourth-order valence-corrected chi connectivity index (χ4v) is 2.80. The van der Waals surface area contributed by atoms with Gasteiger partial charge < -0.3 is 14.5 Å². The van der Waals surface area contributed by atoms with Gasteiger partial charge in [0.05, 0.1) is 19.4 Å². The van der Waals surface area contributed by atoms with Crippen LogP contribution in [0.25, 0.3) is 11.3 Å². The van der Waals surface area contributed by atoms with E-state index in [0.29, 0.717) is 17.9 Å². The highest BCUT2D eigenvalue weighted by Crippen LogP contribution is 2.18. The van der Waals surface area contributed by atoms with Crippen molar-refractivity contribution in [2.45, 2.75) is 13.0 Å². The van der Waals surface area contributed by atoms with Gasteiger partial charge >= 0.3 is 5.76 Å². The molecule has 0 atom stereocenters. The van der Waals surface area contributed by atoms with Crippen LogP contribution in [-0.2, 0) is 16.1 Å². The SMILES string of the molecule is O=C(Cn1cc(-c2ccc(F)cc2)oc1=O)NCCCN1CCOCC1. The maximum absolute atomic E-state index is 13.0. The predicted octanol–water partition coefficient (Wildman–Crippen LogP) is 1.09. The van der Waals surface area contributed by atoms with Gasteiger partial charge in [-0.2, -0.15) is 0 Å². The van der Waals surface area contributed by atoms with Crippen LogP contribution >= 0.6 is 0 Å². The summed E-state index contributed by atoms with van der Waals surface area (Å²) in [5.41, 5.74) is 0.577. The molecule has 1 aromatic carbocycles. The van der Waals surface area contributed by atoms with Crippen molar-refractivity contribution in [2.24, 2.45) is 0 Å². The first-order valence-corrected chi connectivity index (χ1v) is 8.65. The number of carbonyl (C=O) groups excluding carboxylic acids is 1. The second kappa shape index (κ2) is 8.77. The van der Waals surface area contributed by atoms with Crippen LogP contribution in [0.3, 0.4) is 0 Å². The summed E-state index contributed by atoms with van der Waals surface area (Å²) in [6, 6.07) is 5.61. The number of halogens is 1. The summed E-state index contributed by atoms with van der Waals surface area (Å²) in [7, 11) is 0. The smallest absolute Gasteiger partial charge is 0.408 e. The molecule has 26 heavy (non-hydrogen) atoms. The van der Waals surface area contributed by atoms with Crippen LogP contribution in [0.5, 0.6) is 0 Å². The molecule has 140 valence electrons. The summed E-state index contributed by atoms with van der Waals surface area (Å²) in [6.07, 6.45) is 2.30. The van der Waals surface area contributed by atoms with Crippen molar-refractivity contribution in [3.8, 4) is 11.3 Å². The van der Waals surface area contributed by atoms with Crippen LogP contribution in [-0.4, -0.2) is 54.8 Å². The molecule has 7 nitrogen and oxygen atoms in total. The molecular formula is C18H22FN3O4. The predicted molar refractivity (Wildman–Crippen MR) is 93.2 cm³/mol. The first-order valence-electron chi connectivity index (χ1n) is 8.65. The molecule has 1 aliphatic rings. The summed E-state index contributed by atoms with van der Waals surface area (Å²) >= 11 is 0. The molecule has 0 aliphatic carbocycles. The Hall–Kier alpha value is -2.45. The summed E-state index contributed by atoms with van der Waals surface area (Å²) in [5.74, 6) is -0.935. The van der Waals surface area contributed by atoms with Gasteiger partial charge in [-0.25, -0.2) is 9.18 Å². The van der Waals surface area contributed by atoms with E-state index in [-0.39, 0.29) is 18.3 Å². The second-order valence-corrected chi connectivity index (χ2v) is 6.15. The third-order valence-electron chi connectivity index (χ3n) is 4.22. The number of hydrogen-bond acceptors (Lipinski definition) is 5. The summed E-state index contributed by atoms with van der Waals surface area (Å²) in [6.45, 7) is 4.70. The second-order valence-electron chi connectivity index (χ2n) is 6.15. The van der Waals surface area contributed by atoms with Crippen LogP contribution in [0.15, 0.2) is 39.7 Å². The quantitative estimate of drug-likeness (QED) is 0.745. The van der Waals surface area contributed by atoms with Crippen LogP contribution in [0.2, 0.25) is 0 Å². The van der Waals surface area contributed by atoms with Crippen molar-refractivity contribution in [2.75, 3.05) is 39.4 Å². The molecule has 0 saturated carbocycles. The molecular weight excluding hydrogens is 341 g/mol. The lowest BCUT2D eigenvalue weighted by Crippen LogP contribution is -2.38. The monoisotopic (exact) mass is 363 g/mol. The number of morpholine rings is 1. The minimum atomic E-state index is -0.618. The molecule has 1 amide bonds. The number of oxazole rings is 1. The van der Waals surface area contributed by atoms with Gasteiger partial charge in [-0.1, -0.05) is 0 Å². The van der Waals surface area contributed by atoms with Gasteiger partial charge in [0.25, 0.3) is 0 Å². The summed E-state index contributed by atoms with van der Waals surface area (Å²) < 4.78 is 24.6. The van der Waals surface area contributed by atoms with Crippen molar-refractivity contribution < 1.29 is 18.3 Å². The van der Waals surface area contributed by atoms with Gasteiger partial charge in [-0.15, -0.1) is 0 Å². The highest BCUT2D eigenvalue weighted by molar-refractivity contribution is 5.75. The molecule has 1 N–H and O–H groups in total. The summed E-state index contributed by atoms with van der Waals surface area (Å²) in [4.78, 5) is 26.2. The van der Waals surface area contributed by atoms with Crippen LogP contribution in [0.4, 0.5) is 4.39 Å². The maximum atomic E-state index is 13.0. The third kappa shape index (κ3) is 5.03. The fraction of sp³-hybridized carbons (Fsp3) is 0.444. The molecule has 0 spiro atoms. The van der Waals surface area contributed by atoms with E-state index in [1.807, 2.05) is 0 Å². The van der Waals surface area contributed by atoms with Gasteiger partial charge in [0.15, 0.2) is 5.76 Å². The Morgan fingerprint density at radius 1 is 1.19 bits per heavy atom. The van der Waals surface area contributed by atoms with E-state index in [2.05, 4.69) is 10.2 Å². The number of nitrogens with zero attached hydrogens (tertiary/aromatic N) is 2. The van der Waals surface area contributed by atoms with Crippen LogP contribution in [0, 0.1) is 5.82 Å². The molecule has 1 aliphatic heterocycles. The number of amides is 1. The Morgan fingerprint density at radius 2 is 1.92 bits per heavy atom. The molecule has 2 heterocycles. The minimum absolute atomic E-state index is 0.110. The van der Waals surface area contributed by atoms with E-state index in [1.165, 1.54) is 35.0 Å². The average molecular weight is 363 g/mol. The van der Waals surface area contributed by atoms with Gasteiger partial charge in [-0.3, -0.25) is 14.3 Å². The normalized spacial score (nSPS) is 15.1. The van der Waals surface area contributed by atoms with E-state index in [4.69, 9.17) is 9.15 Å². The lowest BCUT2D eigenvalue weighted by atomic mass is 10.2. The lowest BCUT2D eigenvalue weighted by molar-refractivity contribution is -0.121. The number of carbonyl (C=O) groups is 1. The number of ether oxygens (including phenoxy) is 1. The number of aromatic nitrogens is 1. The largest absolute Gasteiger partial charge is 0.419 e. The maximum Gasteiger partial charge on any atom is 0.419 e. The first kappa shape index (κ1) is 18.3. The number of rotatable bonds is 7. The molecule has 2 aromatic rings. The molecule has 3 rings (SSSR count). The molecule has 0 radical (unpaired) electrons. The third-order valence-corrected chi connectivity index (χ3v) is 4.22. The van der Waals surface area contributed by atoms with Crippen molar-refractivity contribution in [1.82, 2.24) is 14.8 Å². The van der Waals surface area contributed by atoms with Crippen molar-refractivity contribution >= 4 is 5.91 Å². The lowest BCUT2D eigenvalue weighted by Gasteiger charge is -2.26. The molecule has 1 fully saturated rings. The zero-order valence-electron chi connectivity index (χ0n) is 14.4. The number of hydrogen-bond donors (Lipinski definition) is 1. The Morgan fingerprint density at radius 3 is 2.65 bits per heavy atom. The van der Waals surface area contributed by atoms with E-state index < -0.39 is 5.76 Å². The Bertz CT molecular complexity index is 778. The van der Waals surface area contributed by atoms with Crippen molar-refractivity contribution in [1.29, 1.82) is 0 Å². The first-order chi connectivity index (χ1) is 12.6. The average Bonchev–Trinajstić information content (AvgIpc) is 3.01. The van der Waals surface area contributed by atoms with Gasteiger partial charge in [0, 0.05) is 25.2 Å². The Balaban J connectivity index is 1.46. The highest BCUT2D eigenvalue weighted by atomic mass is 19.1. The van der Waals surface area contributed by atoms with Crippen molar-refractivity contribution in [3.05, 3.63) is 46.8 Å². The van der Waals surface area contributed by atoms with E-state index in [0.717, 1.165) is 39.3 Å². The number of benzene rings is 1. The molecule has 1 aromatic heterocycles. The van der Waals surface area contributed by atoms with Crippen molar-refractivity contribution in [3.63, 3.8) is 0 Å². The van der Waals surface area contributed by atoms with Gasteiger partial charge in [-0.05, 0) is 37.2 Å². The highest BCUT2D eigenvalue weighted by Gasteiger charge is 2.12. The number of nitrogens with one attached hydrogen (secondary N) is 1. The van der Waals surface area contributed by atoms with Crippen LogP contribution < -0.4 is 11.1 Å². The minimum Gasteiger partial charge on any atom is -0.408 e. The zero-order valence-corrected chi connectivity index (χ0v) is 14.4. The Labute approximate surface area is 150 Å². The standard InChI is InChI=1S/C18H22FN3O4/c19-15-4-2-14(3-5-15)16-12-22(18(24)26-16)13-17(23)20-6-1-7-21-8-10-25-11-9-21/h2-5,12H,1,6-11,13H2,(H,20,23). The topological polar surface area (TPSA) is 76.7 Å². The summed E-state index contributed by atoms with van der Waals surface area (Å²) in [5, 5.41) is 2.81. The zero-order chi connectivity index (χ0) is 18.4. The van der Waals surface area contributed by atoms with Gasteiger partial charge in [0.2, 0.25) is 5.91 Å².